The summed E-state index contributed by atoms with van der Waals surface area (Å²) in [6.45, 7) is 2.02. The zero-order chi connectivity index (χ0) is 14.1. The summed E-state index contributed by atoms with van der Waals surface area (Å²) in [6.07, 6.45) is 0. The molecule has 0 atom stereocenters. The summed E-state index contributed by atoms with van der Waals surface area (Å²) in [5, 5.41) is 17.3. The first kappa shape index (κ1) is 12.8. The molecule has 0 unspecified atom stereocenters. The Labute approximate surface area is 118 Å². The van der Waals surface area contributed by atoms with Gasteiger partial charge in [0.15, 0.2) is 16.7 Å². The van der Waals surface area contributed by atoms with Crippen molar-refractivity contribution in [3.8, 4) is 17.2 Å². The Morgan fingerprint density at radius 2 is 2.20 bits per heavy atom. The number of carboxylic acids is 1. The van der Waals surface area contributed by atoms with Gasteiger partial charge in [0.2, 0.25) is 6.79 Å². The van der Waals surface area contributed by atoms with Crippen molar-refractivity contribution in [3.05, 3.63) is 24.0 Å². The number of fused-ring (bicyclic) bond motifs is 1. The van der Waals surface area contributed by atoms with Gasteiger partial charge in [-0.3, -0.25) is 9.36 Å². The van der Waals surface area contributed by atoms with E-state index in [2.05, 4.69) is 10.2 Å². The second kappa shape index (κ2) is 5.04. The van der Waals surface area contributed by atoms with Crippen LogP contribution in [0.5, 0.6) is 11.5 Å². The average Bonchev–Trinajstić information content (AvgIpc) is 3.01. The summed E-state index contributed by atoms with van der Waals surface area (Å²) < 4.78 is 12.4. The van der Waals surface area contributed by atoms with Crippen molar-refractivity contribution in [2.24, 2.45) is 0 Å². The molecule has 7 nitrogen and oxygen atoms in total. The third kappa shape index (κ3) is 2.29. The molecule has 0 radical (unpaired) electrons. The average molecular weight is 293 g/mol. The van der Waals surface area contributed by atoms with E-state index in [0.29, 0.717) is 22.5 Å². The fraction of sp³-hybridized carbons (Fsp3) is 0.250. The van der Waals surface area contributed by atoms with E-state index in [-0.39, 0.29) is 12.5 Å². The van der Waals surface area contributed by atoms with E-state index in [1.807, 2.05) is 25.1 Å². The Balaban J connectivity index is 1.97. The number of benzene rings is 1. The van der Waals surface area contributed by atoms with Gasteiger partial charge in [-0.25, -0.2) is 0 Å². The quantitative estimate of drug-likeness (QED) is 0.854. The van der Waals surface area contributed by atoms with E-state index in [0.717, 1.165) is 17.4 Å². The summed E-state index contributed by atoms with van der Waals surface area (Å²) >= 11 is 1.12. The third-order valence-electron chi connectivity index (χ3n) is 2.73. The normalized spacial score (nSPS) is 12.7. The molecule has 3 rings (SSSR count). The first-order valence-corrected chi connectivity index (χ1v) is 6.80. The van der Waals surface area contributed by atoms with E-state index >= 15 is 0 Å². The second-order valence-electron chi connectivity index (χ2n) is 4.09. The Bertz CT molecular complexity index is 671. The molecule has 0 fully saturated rings. The highest BCUT2D eigenvalue weighted by Gasteiger charge is 2.17. The summed E-state index contributed by atoms with van der Waals surface area (Å²) in [6, 6.07) is 5.49. The molecule has 1 aliphatic rings. The van der Waals surface area contributed by atoms with Crippen LogP contribution in [0.4, 0.5) is 0 Å². The monoisotopic (exact) mass is 293 g/mol. The van der Waals surface area contributed by atoms with Crippen molar-refractivity contribution >= 4 is 17.7 Å². The van der Waals surface area contributed by atoms with Crippen LogP contribution in [0.25, 0.3) is 5.69 Å². The molecule has 0 spiro atoms. The highest BCUT2D eigenvalue weighted by molar-refractivity contribution is 7.99. The van der Waals surface area contributed by atoms with Crippen LogP contribution in [0, 0.1) is 6.92 Å². The molecular weight excluding hydrogens is 282 g/mol. The summed E-state index contributed by atoms with van der Waals surface area (Å²) in [4.78, 5) is 10.7. The van der Waals surface area contributed by atoms with Gasteiger partial charge < -0.3 is 14.6 Å². The lowest BCUT2D eigenvalue weighted by Gasteiger charge is -2.08. The van der Waals surface area contributed by atoms with E-state index in [1.165, 1.54) is 0 Å². The molecule has 1 aromatic carbocycles. The first-order valence-electron chi connectivity index (χ1n) is 5.82. The molecule has 1 aromatic heterocycles. The fourth-order valence-corrected chi connectivity index (χ4v) is 2.60. The fourth-order valence-electron chi connectivity index (χ4n) is 1.88. The molecular formula is C12H11N3O4S. The number of aliphatic carboxylic acids is 1. The number of ether oxygens (including phenoxy) is 2. The number of thioether (sulfide) groups is 1. The minimum atomic E-state index is -0.895. The Morgan fingerprint density at radius 1 is 1.40 bits per heavy atom. The number of hydrogen-bond acceptors (Lipinski definition) is 6. The molecule has 20 heavy (non-hydrogen) atoms. The molecule has 104 valence electrons. The van der Waals surface area contributed by atoms with Crippen LogP contribution in [-0.2, 0) is 4.79 Å². The maximum absolute atomic E-state index is 10.7. The van der Waals surface area contributed by atoms with Gasteiger partial charge in [-0.1, -0.05) is 11.8 Å². The lowest BCUT2D eigenvalue weighted by Crippen LogP contribution is -2.03. The Morgan fingerprint density at radius 3 is 3.00 bits per heavy atom. The van der Waals surface area contributed by atoms with Crippen LogP contribution >= 0.6 is 11.8 Å². The van der Waals surface area contributed by atoms with E-state index in [1.54, 1.807) is 4.57 Å². The van der Waals surface area contributed by atoms with Gasteiger partial charge in [-0.15, -0.1) is 10.2 Å². The highest BCUT2D eigenvalue weighted by atomic mass is 32.2. The van der Waals surface area contributed by atoms with Gasteiger partial charge in [-0.05, 0) is 19.1 Å². The molecule has 2 aromatic rings. The molecule has 1 aliphatic heterocycles. The van der Waals surface area contributed by atoms with Gasteiger partial charge in [0.1, 0.15) is 5.82 Å². The van der Waals surface area contributed by atoms with E-state index in [9.17, 15) is 4.79 Å². The van der Waals surface area contributed by atoms with Gasteiger partial charge in [-0.2, -0.15) is 0 Å². The molecule has 8 heteroatoms. The summed E-state index contributed by atoms with van der Waals surface area (Å²) in [5.74, 6) is 1.07. The van der Waals surface area contributed by atoms with Crippen LogP contribution in [-0.4, -0.2) is 38.4 Å². The predicted molar refractivity (Wildman–Crippen MR) is 70.6 cm³/mol. The van der Waals surface area contributed by atoms with Gasteiger partial charge in [0, 0.05) is 6.07 Å². The van der Waals surface area contributed by atoms with Crippen LogP contribution < -0.4 is 9.47 Å². The number of nitrogens with zero attached hydrogens (tertiary/aromatic N) is 3. The van der Waals surface area contributed by atoms with Crippen molar-refractivity contribution < 1.29 is 19.4 Å². The number of aromatic nitrogens is 3. The van der Waals surface area contributed by atoms with E-state index < -0.39 is 5.97 Å². The molecule has 1 N–H and O–H groups in total. The predicted octanol–water partition coefficient (Wildman–Crippen LogP) is 1.48. The maximum Gasteiger partial charge on any atom is 0.313 e. The number of carbonyl (C=O) groups is 1. The lowest BCUT2D eigenvalue weighted by atomic mass is 10.3. The molecule has 0 amide bonds. The van der Waals surface area contributed by atoms with Crippen LogP contribution in [0.1, 0.15) is 5.82 Å². The number of aryl methyl sites for hydroxylation is 1. The largest absolute Gasteiger partial charge is 0.481 e. The number of hydrogen-bond donors (Lipinski definition) is 1. The van der Waals surface area contributed by atoms with Crippen LogP contribution in [0.3, 0.4) is 0 Å². The van der Waals surface area contributed by atoms with Crippen molar-refractivity contribution in [1.29, 1.82) is 0 Å². The lowest BCUT2D eigenvalue weighted by molar-refractivity contribution is -0.133. The summed E-state index contributed by atoms with van der Waals surface area (Å²) in [7, 11) is 0. The van der Waals surface area contributed by atoms with Gasteiger partial charge in [0.05, 0.1) is 11.4 Å². The maximum atomic E-state index is 10.7. The Hall–Kier alpha value is -2.22. The Kier molecular flexibility index (Phi) is 3.23. The molecule has 0 saturated heterocycles. The standard InChI is InChI=1S/C12H11N3O4S/c1-7-13-14-12(20-5-11(16)17)15(7)8-2-3-9-10(4-8)19-6-18-9/h2-4H,5-6H2,1H3,(H,16,17). The van der Waals surface area contributed by atoms with Crippen molar-refractivity contribution in [2.75, 3.05) is 12.5 Å². The smallest absolute Gasteiger partial charge is 0.313 e. The first-order chi connectivity index (χ1) is 9.65. The van der Waals surface area contributed by atoms with Gasteiger partial charge >= 0.3 is 5.97 Å². The SMILES string of the molecule is Cc1nnc(SCC(=O)O)n1-c1ccc2c(c1)OCO2. The third-order valence-corrected chi connectivity index (χ3v) is 3.65. The minimum absolute atomic E-state index is 0.0668. The van der Waals surface area contributed by atoms with Crippen molar-refractivity contribution in [3.63, 3.8) is 0 Å². The zero-order valence-corrected chi connectivity index (χ0v) is 11.4. The van der Waals surface area contributed by atoms with Crippen LogP contribution in [0.15, 0.2) is 23.4 Å². The molecule has 0 aliphatic carbocycles. The topological polar surface area (TPSA) is 86.5 Å². The minimum Gasteiger partial charge on any atom is -0.481 e. The highest BCUT2D eigenvalue weighted by Crippen LogP contribution is 2.34. The zero-order valence-electron chi connectivity index (χ0n) is 10.6. The molecule has 0 saturated carbocycles. The van der Waals surface area contributed by atoms with Crippen LogP contribution in [0.2, 0.25) is 0 Å². The number of carboxylic acid groups (broad SMARTS) is 1. The van der Waals surface area contributed by atoms with Crippen molar-refractivity contribution in [1.82, 2.24) is 14.8 Å². The van der Waals surface area contributed by atoms with Gasteiger partial charge in [0.25, 0.3) is 0 Å². The van der Waals surface area contributed by atoms with E-state index in [4.69, 9.17) is 14.6 Å². The molecule has 2 heterocycles. The molecule has 0 bridgehead atoms. The summed E-state index contributed by atoms with van der Waals surface area (Å²) in [5.41, 5.74) is 0.810. The van der Waals surface area contributed by atoms with Crippen molar-refractivity contribution in [2.45, 2.75) is 12.1 Å². The second-order valence-corrected chi connectivity index (χ2v) is 5.03. The number of rotatable bonds is 4.